The molecular weight excluding hydrogens is 333 g/mol. The Hall–Kier alpha value is -2.95. The largest absolute Gasteiger partial charge is 0.507 e. The third-order valence-electron chi connectivity index (χ3n) is 4.35. The lowest BCUT2D eigenvalue weighted by Crippen LogP contribution is -2.33. The SMILES string of the molecule is CC(C)CN1C(=O)C(=O)C(=C(O)c2ccccc2)[C@@H]1c1ccccc1F. The van der Waals surface area contributed by atoms with Crippen molar-refractivity contribution in [3.8, 4) is 0 Å². The topological polar surface area (TPSA) is 57.6 Å². The Labute approximate surface area is 151 Å². The average Bonchev–Trinajstić information content (AvgIpc) is 2.87. The third kappa shape index (κ3) is 3.12. The number of hydrogen-bond acceptors (Lipinski definition) is 3. The summed E-state index contributed by atoms with van der Waals surface area (Å²) in [6.45, 7) is 4.11. The summed E-state index contributed by atoms with van der Waals surface area (Å²) in [4.78, 5) is 26.6. The van der Waals surface area contributed by atoms with Gasteiger partial charge in [-0.25, -0.2) is 4.39 Å². The van der Waals surface area contributed by atoms with E-state index >= 15 is 0 Å². The lowest BCUT2D eigenvalue weighted by atomic mass is 9.94. The van der Waals surface area contributed by atoms with E-state index in [0.29, 0.717) is 5.56 Å². The van der Waals surface area contributed by atoms with E-state index < -0.39 is 23.5 Å². The molecule has 0 aliphatic carbocycles. The summed E-state index contributed by atoms with van der Waals surface area (Å²) in [5.74, 6) is -2.24. The molecule has 26 heavy (non-hydrogen) atoms. The third-order valence-corrected chi connectivity index (χ3v) is 4.35. The van der Waals surface area contributed by atoms with Crippen LogP contribution in [0.15, 0.2) is 60.2 Å². The predicted octanol–water partition coefficient (Wildman–Crippen LogP) is 3.90. The van der Waals surface area contributed by atoms with Crippen molar-refractivity contribution in [2.24, 2.45) is 5.92 Å². The van der Waals surface area contributed by atoms with Crippen molar-refractivity contribution in [1.82, 2.24) is 4.90 Å². The number of benzene rings is 2. The Morgan fingerprint density at radius 3 is 2.31 bits per heavy atom. The van der Waals surface area contributed by atoms with Crippen LogP contribution in [0.1, 0.15) is 31.0 Å². The highest BCUT2D eigenvalue weighted by molar-refractivity contribution is 6.46. The number of rotatable bonds is 4. The zero-order valence-corrected chi connectivity index (χ0v) is 14.6. The summed E-state index contributed by atoms with van der Waals surface area (Å²) >= 11 is 0. The Morgan fingerprint density at radius 1 is 1.08 bits per heavy atom. The van der Waals surface area contributed by atoms with Gasteiger partial charge in [0.2, 0.25) is 0 Å². The first kappa shape index (κ1) is 17.9. The molecule has 3 rings (SSSR count). The number of hydrogen-bond donors (Lipinski definition) is 1. The number of Topliss-reactive ketones (excluding diaryl/α,β-unsaturated/α-hetero) is 1. The molecule has 0 aromatic heterocycles. The fourth-order valence-electron chi connectivity index (χ4n) is 3.23. The van der Waals surface area contributed by atoms with E-state index in [1.807, 2.05) is 13.8 Å². The second-order valence-electron chi connectivity index (χ2n) is 6.73. The van der Waals surface area contributed by atoms with Crippen LogP contribution in [0.5, 0.6) is 0 Å². The summed E-state index contributed by atoms with van der Waals surface area (Å²) in [6.07, 6.45) is 0. The van der Waals surface area contributed by atoms with Gasteiger partial charge in [0.25, 0.3) is 11.7 Å². The zero-order chi connectivity index (χ0) is 18.8. The molecule has 1 N–H and O–H groups in total. The number of nitrogens with zero attached hydrogens (tertiary/aromatic N) is 1. The van der Waals surface area contributed by atoms with Crippen molar-refractivity contribution in [2.75, 3.05) is 6.54 Å². The molecule has 0 saturated carbocycles. The molecule has 1 amide bonds. The molecule has 5 heteroatoms. The predicted molar refractivity (Wildman–Crippen MR) is 96.7 cm³/mol. The van der Waals surface area contributed by atoms with E-state index in [-0.39, 0.29) is 29.4 Å². The quantitative estimate of drug-likeness (QED) is 0.515. The lowest BCUT2D eigenvalue weighted by Gasteiger charge is -2.27. The minimum absolute atomic E-state index is 0.0769. The Balaban J connectivity index is 2.22. The molecule has 2 aromatic carbocycles. The van der Waals surface area contributed by atoms with Gasteiger partial charge in [-0.15, -0.1) is 0 Å². The van der Waals surface area contributed by atoms with Crippen molar-refractivity contribution in [1.29, 1.82) is 0 Å². The summed E-state index contributed by atoms with van der Waals surface area (Å²) in [7, 11) is 0. The fourth-order valence-corrected chi connectivity index (χ4v) is 3.23. The van der Waals surface area contributed by atoms with Gasteiger partial charge >= 0.3 is 0 Å². The molecule has 1 atom stereocenters. The molecule has 0 spiro atoms. The second-order valence-corrected chi connectivity index (χ2v) is 6.73. The summed E-state index contributed by atoms with van der Waals surface area (Å²) in [5, 5.41) is 10.7. The molecule has 2 aromatic rings. The van der Waals surface area contributed by atoms with E-state index in [1.165, 1.54) is 17.0 Å². The summed E-state index contributed by atoms with van der Waals surface area (Å²) < 4.78 is 14.5. The van der Waals surface area contributed by atoms with Gasteiger partial charge in [-0.2, -0.15) is 0 Å². The van der Waals surface area contributed by atoms with E-state index in [2.05, 4.69) is 0 Å². The van der Waals surface area contributed by atoms with Gasteiger partial charge in [-0.1, -0.05) is 62.4 Å². The maximum absolute atomic E-state index is 14.5. The number of carbonyl (C=O) groups excluding carboxylic acids is 2. The maximum atomic E-state index is 14.5. The molecular formula is C21H20FNO3. The zero-order valence-electron chi connectivity index (χ0n) is 14.6. The van der Waals surface area contributed by atoms with E-state index in [0.717, 1.165) is 0 Å². The molecule has 1 aliphatic rings. The number of amides is 1. The van der Waals surface area contributed by atoms with Crippen LogP contribution in [0.4, 0.5) is 4.39 Å². The number of ketones is 1. The van der Waals surface area contributed by atoms with Gasteiger partial charge in [0, 0.05) is 17.7 Å². The standard InChI is InChI=1S/C21H20FNO3/c1-13(2)12-23-18(15-10-6-7-11-16(15)22)17(20(25)21(23)26)19(24)14-8-4-3-5-9-14/h3-11,13,18,24H,12H2,1-2H3/t18-/m0/s1. The second kappa shape index (κ2) is 7.12. The maximum Gasteiger partial charge on any atom is 0.295 e. The molecule has 134 valence electrons. The molecule has 0 unspecified atom stereocenters. The van der Waals surface area contributed by atoms with Crippen LogP contribution in [-0.4, -0.2) is 28.2 Å². The van der Waals surface area contributed by atoms with Gasteiger partial charge in [-0.3, -0.25) is 9.59 Å². The molecule has 4 nitrogen and oxygen atoms in total. The summed E-state index contributed by atoms with van der Waals surface area (Å²) in [6, 6.07) is 13.6. The smallest absolute Gasteiger partial charge is 0.295 e. The fraction of sp³-hybridized carbons (Fsp3) is 0.238. The van der Waals surface area contributed by atoms with Crippen LogP contribution < -0.4 is 0 Å². The van der Waals surface area contributed by atoms with Gasteiger partial charge in [0.05, 0.1) is 11.6 Å². The van der Waals surface area contributed by atoms with Crippen LogP contribution >= 0.6 is 0 Å². The van der Waals surface area contributed by atoms with E-state index in [4.69, 9.17) is 0 Å². The lowest BCUT2D eigenvalue weighted by molar-refractivity contribution is -0.140. The Kier molecular flexibility index (Phi) is 4.89. The molecule has 1 fully saturated rings. The Bertz CT molecular complexity index is 874. The van der Waals surface area contributed by atoms with Gasteiger partial charge in [0.1, 0.15) is 11.6 Å². The van der Waals surface area contributed by atoms with Crippen LogP contribution in [0, 0.1) is 11.7 Å². The van der Waals surface area contributed by atoms with Crippen LogP contribution in [-0.2, 0) is 9.59 Å². The van der Waals surface area contributed by atoms with E-state index in [9.17, 15) is 19.1 Å². The Morgan fingerprint density at radius 2 is 1.69 bits per heavy atom. The van der Waals surface area contributed by atoms with Crippen molar-refractivity contribution in [3.05, 3.63) is 77.1 Å². The minimum atomic E-state index is -0.946. The average molecular weight is 353 g/mol. The highest BCUT2D eigenvalue weighted by atomic mass is 19.1. The molecule has 1 aliphatic heterocycles. The number of carbonyl (C=O) groups is 2. The molecule has 1 saturated heterocycles. The first-order valence-electron chi connectivity index (χ1n) is 8.50. The molecule has 0 bridgehead atoms. The van der Waals surface area contributed by atoms with E-state index in [1.54, 1.807) is 42.5 Å². The highest BCUT2D eigenvalue weighted by Gasteiger charge is 2.46. The van der Waals surface area contributed by atoms with Crippen molar-refractivity contribution in [3.63, 3.8) is 0 Å². The van der Waals surface area contributed by atoms with Crippen molar-refractivity contribution in [2.45, 2.75) is 19.9 Å². The van der Waals surface area contributed by atoms with Crippen LogP contribution in [0.3, 0.4) is 0 Å². The highest BCUT2D eigenvalue weighted by Crippen LogP contribution is 2.40. The minimum Gasteiger partial charge on any atom is -0.507 e. The number of aliphatic hydroxyl groups excluding tert-OH is 1. The van der Waals surface area contributed by atoms with Crippen LogP contribution in [0.2, 0.25) is 0 Å². The van der Waals surface area contributed by atoms with Gasteiger partial charge in [0.15, 0.2) is 0 Å². The molecule has 1 heterocycles. The number of halogens is 1. The molecule has 0 radical (unpaired) electrons. The number of likely N-dealkylation sites (tertiary alicyclic amines) is 1. The monoisotopic (exact) mass is 353 g/mol. The number of aliphatic hydroxyl groups is 1. The van der Waals surface area contributed by atoms with Crippen LogP contribution in [0.25, 0.3) is 5.76 Å². The van der Waals surface area contributed by atoms with Gasteiger partial charge < -0.3 is 10.0 Å². The van der Waals surface area contributed by atoms with Gasteiger partial charge in [-0.05, 0) is 12.0 Å². The first-order valence-corrected chi connectivity index (χ1v) is 8.50. The van der Waals surface area contributed by atoms with Crippen molar-refractivity contribution < 1.29 is 19.1 Å². The normalized spacial score (nSPS) is 19.4. The summed E-state index contributed by atoms with van der Waals surface area (Å²) in [5.41, 5.74) is 0.535. The van der Waals surface area contributed by atoms with Crippen molar-refractivity contribution >= 4 is 17.4 Å². The first-order chi connectivity index (χ1) is 12.4.